The van der Waals surface area contributed by atoms with Crippen LogP contribution >= 0.6 is 0 Å². The Kier molecular flexibility index (Phi) is 4.64. The molecular weight excluding hydrogens is 398 g/mol. The van der Waals surface area contributed by atoms with Crippen LogP contribution in [0.2, 0.25) is 0 Å². The highest BCUT2D eigenvalue weighted by molar-refractivity contribution is 5.80. The highest BCUT2D eigenvalue weighted by atomic mass is 16.5. The summed E-state index contributed by atoms with van der Waals surface area (Å²) in [7, 11) is 0. The van der Waals surface area contributed by atoms with E-state index in [9.17, 15) is 9.90 Å². The van der Waals surface area contributed by atoms with Crippen LogP contribution in [0.1, 0.15) is 5.82 Å². The summed E-state index contributed by atoms with van der Waals surface area (Å²) < 4.78 is 16.9. The van der Waals surface area contributed by atoms with Gasteiger partial charge in [-0.3, -0.25) is 9.78 Å². The van der Waals surface area contributed by atoms with Crippen molar-refractivity contribution in [2.24, 2.45) is 0 Å². The van der Waals surface area contributed by atoms with Gasteiger partial charge in [0.1, 0.15) is 22.8 Å². The van der Waals surface area contributed by atoms with Crippen LogP contribution in [0.4, 0.5) is 0 Å². The van der Waals surface area contributed by atoms with Gasteiger partial charge in [-0.15, -0.1) is 0 Å². The highest BCUT2D eigenvalue weighted by Gasteiger charge is 2.11. The summed E-state index contributed by atoms with van der Waals surface area (Å²) >= 11 is 0. The van der Waals surface area contributed by atoms with Gasteiger partial charge in [0.25, 0.3) is 5.89 Å². The average Bonchev–Trinajstić information content (AvgIpc) is 3.28. The van der Waals surface area contributed by atoms with E-state index in [2.05, 4.69) is 15.1 Å². The van der Waals surface area contributed by atoms with Crippen molar-refractivity contribution in [3.05, 3.63) is 89.1 Å². The first kappa shape index (κ1) is 18.6. The minimum absolute atomic E-state index is 0.0805. The maximum Gasteiger partial charge on any atom is 0.259 e. The quantitative estimate of drug-likeness (QED) is 0.457. The monoisotopic (exact) mass is 413 g/mol. The number of benzene rings is 2. The maximum absolute atomic E-state index is 12.5. The molecule has 5 aromatic rings. The van der Waals surface area contributed by atoms with Gasteiger partial charge in [-0.05, 0) is 48.5 Å². The van der Waals surface area contributed by atoms with Crippen LogP contribution < -0.4 is 10.2 Å². The van der Waals surface area contributed by atoms with E-state index in [1.807, 2.05) is 6.07 Å². The molecule has 0 saturated carbocycles. The molecular formula is C23H15N3O5. The number of aromatic hydroxyl groups is 1. The third kappa shape index (κ3) is 3.86. The van der Waals surface area contributed by atoms with E-state index >= 15 is 0 Å². The minimum Gasteiger partial charge on any atom is -0.508 e. The van der Waals surface area contributed by atoms with Crippen LogP contribution in [-0.4, -0.2) is 20.2 Å². The van der Waals surface area contributed by atoms with E-state index in [1.54, 1.807) is 48.8 Å². The fraction of sp³-hybridized carbons (Fsp3) is 0.0435. The molecule has 152 valence electrons. The van der Waals surface area contributed by atoms with Gasteiger partial charge in [-0.25, -0.2) is 0 Å². The van der Waals surface area contributed by atoms with Gasteiger partial charge in [-0.1, -0.05) is 5.16 Å². The molecule has 0 spiro atoms. The molecule has 0 aliphatic rings. The van der Waals surface area contributed by atoms with Crippen LogP contribution in [0.5, 0.6) is 11.5 Å². The van der Waals surface area contributed by atoms with Crippen LogP contribution in [0, 0.1) is 0 Å². The fourth-order valence-electron chi connectivity index (χ4n) is 3.06. The molecule has 31 heavy (non-hydrogen) atoms. The molecule has 0 aliphatic heterocycles. The second-order valence-corrected chi connectivity index (χ2v) is 6.73. The molecule has 0 fully saturated rings. The predicted octanol–water partition coefficient (Wildman–Crippen LogP) is 4.19. The number of hydrogen-bond donors (Lipinski definition) is 1. The molecule has 3 aromatic heterocycles. The van der Waals surface area contributed by atoms with Gasteiger partial charge >= 0.3 is 0 Å². The SMILES string of the molecule is O=c1cc(-c2ccc(O)cc2)oc2cc(OCc3noc(-c4cccnc4)n3)ccc12. The smallest absolute Gasteiger partial charge is 0.259 e. The normalized spacial score (nSPS) is 11.0. The molecule has 5 rings (SSSR count). The first-order valence-electron chi connectivity index (χ1n) is 9.39. The third-order valence-corrected chi connectivity index (χ3v) is 4.60. The molecule has 0 unspecified atom stereocenters. The van der Waals surface area contributed by atoms with Crippen molar-refractivity contribution < 1.29 is 18.8 Å². The van der Waals surface area contributed by atoms with Crippen molar-refractivity contribution in [2.75, 3.05) is 0 Å². The van der Waals surface area contributed by atoms with Crippen molar-refractivity contribution in [3.63, 3.8) is 0 Å². The summed E-state index contributed by atoms with van der Waals surface area (Å²) in [5.74, 6) is 1.75. The summed E-state index contributed by atoms with van der Waals surface area (Å²) in [5.41, 5.74) is 1.61. The van der Waals surface area contributed by atoms with Crippen molar-refractivity contribution >= 4 is 11.0 Å². The molecule has 0 radical (unpaired) electrons. The maximum atomic E-state index is 12.5. The van der Waals surface area contributed by atoms with Gasteiger partial charge < -0.3 is 18.8 Å². The summed E-state index contributed by atoms with van der Waals surface area (Å²) in [6.45, 7) is 0.0805. The highest BCUT2D eigenvalue weighted by Crippen LogP contribution is 2.26. The van der Waals surface area contributed by atoms with Gasteiger partial charge in [0.05, 0.1) is 10.9 Å². The van der Waals surface area contributed by atoms with E-state index in [0.29, 0.717) is 39.8 Å². The topological polar surface area (TPSA) is 111 Å². The second-order valence-electron chi connectivity index (χ2n) is 6.73. The number of hydrogen-bond acceptors (Lipinski definition) is 8. The first-order chi connectivity index (χ1) is 15.2. The van der Waals surface area contributed by atoms with E-state index in [1.165, 1.54) is 18.2 Å². The number of pyridine rings is 1. The zero-order chi connectivity index (χ0) is 21.2. The molecule has 0 atom stereocenters. The Morgan fingerprint density at radius 2 is 1.87 bits per heavy atom. The standard InChI is InChI=1S/C23H15N3O5/c27-16-5-3-14(4-6-16)20-11-19(28)18-8-7-17(10-21(18)30-20)29-13-22-25-23(31-26-22)15-2-1-9-24-12-15/h1-12,27H,13H2. The van der Waals surface area contributed by atoms with E-state index in [0.717, 1.165) is 5.56 Å². The third-order valence-electron chi connectivity index (χ3n) is 4.60. The fourth-order valence-corrected chi connectivity index (χ4v) is 3.06. The van der Waals surface area contributed by atoms with Crippen LogP contribution in [0.15, 0.2) is 86.8 Å². The molecule has 8 heteroatoms. The molecule has 2 aromatic carbocycles. The predicted molar refractivity (Wildman–Crippen MR) is 111 cm³/mol. The Hall–Kier alpha value is -4.46. The van der Waals surface area contributed by atoms with Crippen LogP contribution in [0.3, 0.4) is 0 Å². The van der Waals surface area contributed by atoms with Crippen molar-refractivity contribution in [3.8, 4) is 34.3 Å². The molecule has 1 N–H and O–H groups in total. The van der Waals surface area contributed by atoms with Crippen molar-refractivity contribution in [1.29, 1.82) is 0 Å². The lowest BCUT2D eigenvalue weighted by Crippen LogP contribution is -2.01. The van der Waals surface area contributed by atoms with E-state index < -0.39 is 0 Å². The lowest BCUT2D eigenvalue weighted by molar-refractivity contribution is 0.287. The number of rotatable bonds is 5. The Bertz CT molecular complexity index is 1410. The summed E-state index contributed by atoms with van der Waals surface area (Å²) in [6, 6.07) is 16.4. The molecule has 0 saturated heterocycles. The largest absolute Gasteiger partial charge is 0.508 e. The second kappa shape index (κ2) is 7.75. The number of ether oxygens (including phenoxy) is 1. The number of phenols is 1. The lowest BCUT2D eigenvalue weighted by atomic mass is 10.1. The minimum atomic E-state index is -0.171. The first-order valence-corrected chi connectivity index (χ1v) is 9.39. The van der Waals surface area contributed by atoms with Gasteiger partial charge in [0.2, 0.25) is 5.82 Å². The number of aromatic nitrogens is 3. The summed E-state index contributed by atoms with van der Waals surface area (Å²) in [6.07, 6.45) is 3.30. The van der Waals surface area contributed by atoms with Gasteiger partial charge in [0, 0.05) is 30.1 Å². The summed E-state index contributed by atoms with van der Waals surface area (Å²) in [4.78, 5) is 20.8. The lowest BCUT2D eigenvalue weighted by Gasteiger charge is -2.06. The van der Waals surface area contributed by atoms with Crippen molar-refractivity contribution in [1.82, 2.24) is 15.1 Å². The molecule has 0 amide bonds. The molecule has 3 heterocycles. The Morgan fingerprint density at radius 3 is 2.68 bits per heavy atom. The Morgan fingerprint density at radius 1 is 1.00 bits per heavy atom. The summed E-state index contributed by atoms with van der Waals surface area (Å²) in [5, 5.41) is 13.8. The Balaban J connectivity index is 1.39. The molecule has 0 aliphatic carbocycles. The molecule has 0 bridgehead atoms. The number of phenolic OH excluding ortho intramolecular Hbond substituents is 1. The van der Waals surface area contributed by atoms with Crippen molar-refractivity contribution in [2.45, 2.75) is 6.61 Å². The van der Waals surface area contributed by atoms with Gasteiger partial charge in [0.15, 0.2) is 12.0 Å². The molecule has 8 nitrogen and oxygen atoms in total. The van der Waals surface area contributed by atoms with Gasteiger partial charge in [-0.2, -0.15) is 4.98 Å². The Labute approximate surface area is 175 Å². The zero-order valence-corrected chi connectivity index (χ0v) is 16.1. The van der Waals surface area contributed by atoms with Crippen LogP contribution in [-0.2, 0) is 6.61 Å². The van der Waals surface area contributed by atoms with E-state index in [-0.39, 0.29) is 17.8 Å². The number of fused-ring (bicyclic) bond motifs is 1. The average molecular weight is 413 g/mol. The van der Waals surface area contributed by atoms with Crippen LogP contribution in [0.25, 0.3) is 33.7 Å². The number of nitrogens with zero attached hydrogens (tertiary/aromatic N) is 3. The van der Waals surface area contributed by atoms with E-state index in [4.69, 9.17) is 13.7 Å². The zero-order valence-electron chi connectivity index (χ0n) is 16.1.